The van der Waals surface area contributed by atoms with Crippen molar-refractivity contribution in [2.45, 2.75) is 52.1 Å². The van der Waals surface area contributed by atoms with Gasteiger partial charge in [0.25, 0.3) is 0 Å². The first-order chi connectivity index (χ1) is 7.90. The summed E-state index contributed by atoms with van der Waals surface area (Å²) in [6.07, 6.45) is 3.08. The first-order valence-corrected chi connectivity index (χ1v) is 6.20. The van der Waals surface area contributed by atoms with Gasteiger partial charge in [-0.2, -0.15) is 0 Å². The highest BCUT2D eigenvalue weighted by atomic mass is 16.4. The molecule has 0 aromatic heterocycles. The van der Waals surface area contributed by atoms with Crippen LogP contribution >= 0.6 is 0 Å². The number of hydrogen-bond acceptors (Lipinski definition) is 2. The largest absolute Gasteiger partial charge is 0.480 e. The summed E-state index contributed by atoms with van der Waals surface area (Å²) >= 11 is 0. The predicted molar refractivity (Wildman–Crippen MR) is 64.7 cm³/mol. The number of carbonyl (C=O) groups excluding carboxylic acids is 1. The van der Waals surface area contributed by atoms with Crippen molar-refractivity contribution in [2.24, 2.45) is 11.8 Å². The van der Waals surface area contributed by atoms with Crippen molar-refractivity contribution < 1.29 is 14.7 Å². The average Bonchev–Trinajstić information content (AvgIpc) is 2.59. The molecule has 3 atom stereocenters. The molecule has 2 amide bonds. The number of hydrogen-bond donors (Lipinski definition) is 3. The number of carbonyl (C=O) groups is 2. The van der Waals surface area contributed by atoms with Gasteiger partial charge in [-0.15, -0.1) is 0 Å². The van der Waals surface area contributed by atoms with E-state index in [1.165, 1.54) is 0 Å². The topological polar surface area (TPSA) is 78.4 Å². The standard InChI is InChI=1S/C12H22N2O3/c1-7(2)10(11(15)16)14-12(17)13-9-5-4-8(3)6-9/h7-10H,4-6H2,1-3H3,(H,15,16)(H2,13,14,17)/t8?,9?,10-/m0/s1. The van der Waals surface area contributed by atoms with E-state index in [0.717, 1.165) is 19.3 Å². The van der Waals surface area contributed by atoms with E-state index >= 15 is 0 Å². The molecule has 0 aliphatic heterocycles. The van der Waals surface area contributed by atoms with E-state index in [2.05, 4.69) is 17.6 Å². The second-order valence-electron chi connectivity index (χ2n) is 5.29. The highest BCUT2D eigenvalue weighted by Gasteiger charge is 2.26. The molecule has 0 radical (unpaired) electrons. The molecule has 2 unspecified atom stereocenters. The Labute approximate surface area is 102 Å². The van der Waals surface area contributed by atoms with Gasteiger partial charge in [-0.1, -0.05) is 20.8 Å². The lowest BCUT2D eigenvalue weighted by molar-refractivity contribution is -0.140. The molecule has 1 aliphatic carbocycles. The second-order valence-corrected chi connectivity index (χ2v) is 5.29. The molecule has 17 heavy (non-hydrogen) atoms. The van der Waals surface area contributed by atoms with E-state index in [0.29, 0.717) is 5.92 Å². The molecular weight excluding hydrogens is 220 g/mol. The first-order valence-electron chi connectivity index (χ1n) is 6.20. The second kappa shape index (κ2) is 5.89. The Morgan fingerprint density at radius 3 is 2.35 bits per heavy atom. The van der Waals surface area contributed by atoms with E-state index in [1.54, 1.807) is 13.8 Å². The monoisotopic (exact) mass is 242 g/mol. The van der Waals surface area contributed by atoms with Gasteiger partial charge in [0.05, 0.1) is 0 Å². The number of carboxylic acid groups (broad SMARTS) is 1. The van der Waals surface area contributed by atoms with Crippen LogP contribution in [0.1, 0.15) is 40.0 Å². The summed E-state index contributed by atoms with van der Waals surface area (Å²) in [4.78, 5) is 22.6. The van der Waals surface area contributed by atoms with Gasteiger partial charge in [-0.3, -0.25) is 0 Å². The SMILES string of the molecule is CC1CCC(NC(=O)N[C@H](C(=O)O)C(C)C)C1. The van der Waals surface area contributed by atoms with Crippen LogP contribution in [-0.2, 0) is 4.79 Å². The van der Waals surface area contributed by atoms with Crippen LogP contribution in [0, 0.1) is 11.8 Å². The number of carboxylic acids is 1. The molecule has 0 saturated heterocycles. The minimum atomic E-state index is -0.991. The molecule has 98 valence electrons. The highest BCUT2D eigenvalue weighted by Crippen LogP contribution is 2.24. The summed E-state index contributed by atoms with van der Waals surface area (Å²) in [5.41, 5.74) is 0. The molecule has 0 bridgehead atoms. The number of aliphatic carboxylic acids is 1. The van der Waals surface area contributed by atoms with E-state index in [1.807, 2.05) is 0 Å². The lowest BCUT2D eigenvalue weighted by atomic mass is 10.1. The zero-order valence-corrected chi connectivity index (χ0v) is 10.7. The summed E-state index contributed by atoms with van der Waals surface area (Å²) in [5.74, 6) is -0.476. The van der Waals surface area contributed by atoms with Crippen molar-refractivity contribution in [3.05, 3.63) is 0 Å². The van der Waals surface area contributed by atoms with Crippen LogP contribution in [0.4, 0.5) is 4.79 Å². The molecule has 1 saturated carbocycles. The van der Waals surface area contributed by atoms with Gasteiger partial charge in [-0.25, -0.2) is 9.59 Å². The third kappa shape index (κ3) is 4.24. The average molecular weight is 242 g/mol. The molecule has 3 N–H and O–H groups in total. The smallest absolute Gasteiger partial charge is 0.326 e. The van der Waals surface area contributed by atoms with Gasteiger partial charge < -0.3 is 15.7 Å². The van der Waals surface area contributed by atoms with Crippen LogP contribution < -0.4 is 10.6 Å². The Hall–Kier alpha value is -1.26. The quantitative estimate of drug-likeness (QED) is 0.700. The fraction of sp³-hybridized carbons (Fsp3) is 0.833. The molecule has 0 heterocycles. The van der Waals surface area contributed by atoms with Crippen LogP contribution in [0.15, 0.2) is 0 Å². The van der Waals surface area contributed by atoms with Gasteiger partial charge in [0.2, 0.25) is 0 Å². The van der Waals surface area contributed by atoms with E-state index < -0.39 is 12.0 Å². The summed E-state index contributed by atoms with van der Waals surface area (Å²) in [7, 11) is 0. The fourth-order valence-electron chi connectivity index (χ4n) is 2.22. The van der Waals surface area contributed by atoms with Crippen molar-refractivity contribution >= 4 is 12.0 Å². The number of nitrogens with one attached hydrogen (secondary N) is 2. The zero-order valence-electron chi connectivity index (χ0n) is 10.7. The maximum atomic E-state index is 11.6. The Morgan fingerprint density at radius 1 is 1.29 bits per heavy atom. The van der Waals surface area contributed by atoms with E-state index in [4.69, 9.17) is 5.11 Å². The molecule has 5 heteroatoms. The van der Waals surface area contributed by atoms with Gasteiger partial charge in [0.1, 0.15) is 6.04 Å². The molecule has 0 spiro atoms. The normalized spacial score (nSPS) is 25.6. The fourth-order valence-corrected chi connectivity index (χ4v) is 2.22. The molecule has 5 nitrogen and oxygen atoms in total. The highest BCUT2D eigenvalue weighted by molar-refractivity contribution is 5.82. The van der Waals surface area contributed by atoms with Crippen LogP contribution in [0.3, 0.4) is 0 Å². The van der Waals surface area contributed by atoms with Crippen LogP contribution in [0.25, 0.3) is 0 Å². The lowest BCUT2D eigenvalue weighted by Crippen LogP contribution is -2.50. The van der Waals surface area contributed by atoms with E-state index in [9.17, 15) is 9.59 Å². The van der Waals surface area contributed by atoms with Crippen LogP contribution in [0.5, 0.6) is 0 Å². The summed E-state index contributed by atoms with van der Waals surface area (Å²) in [5, 5.41) is 14.3. The van der Waals surface area contributed by atoms with Gasteiger partial charge in [0.15, 0.2) is 0 Å². The molecule has 1 aliphatic rings. The lowest BCUT2D eigenvalue weighted by Gasteiger charge is -2.20. The minimum Gasteiger partial charge on any atom is -0.480 e. The zero-order chi connectivity index (χ0) is 13.0. The summed E-state index contributed by atoms with van der Waals surface area (Å²) in [6, 6.07) is -1.01. The van der Waals surface area contributed by atoms with Gasteiger partial charge in [-0.05, 0) is 31.1 Å². The first kappa shape index (κ1) is 13.8. The molecule has 0 aromatic rings. The Morgan fingerprint density at radius 2 is 1.94 bits per heavy atom. The Balaban J connectivity index is 2.40. The number of amides is 2. The molecule has 1 rings (SSSR count). The van der Waals surface area contributed by atoms with Crippen LogP contribution in [0.2, 0.25) is 0 Å². The van der Waals surface area contributed by atoms with Gasteiger partial charge >= 0.3 is 12.0 Å². The Bertz CT molecular complexity index is 291. The van der Waals surface area contributed by atoms with Gasteiger partial charge in [0, 0.05) is 6.04 Å². The number of rotatable bonds is 4. The summed E-state index contributed by atoms with van der Waals surface area (Å²) < 4.78 is 0. The number of urea groups is 1. The Kier molecular flexibility index (Phi) is 4.78. The molecular formula is C12H22N2O3. The molecule has 0 aromatic carbocycles. The third-order valence-electron chi connectivity index (χ3n) is 3.25. The van der Waals surface area contributed by atoms with Crippen molar-refractivity contribution in [3.8, 4) is 0 Å². The predicted octanol–water partition coefficient (Wildman–Crippen LogP) is 1.58. The van der Waals surface area contributed by atoms with Crippen molar-refractivity contribution in [1.29, 1.82) is 0 Å². The van der Waals surface area contributed by atoms with Crippen molar-refractivity contribution in [1.82, 2.24) is 10.6 Å². The van der Waals surface area contributed by atoms with Crippen LogP contribution in [-0.4, -0.2) is 29.2 Å². The minimum absolute atomic E-state index is 0.124. The van der Waals surface area contributed by atoms with E-state index in [-0.39, 0.29) is 18.0 Å². The van der Waals surface area contributed by atoms with Crippen molar-refractivity contribution in [2.75, 3.05) is 0 Å². The maximum absolute atomic E-state index is 11.6. The third-order valence-corrected chi connectivity index (χ3v) is 3.25. The molecule has 1 fully saturated rings. The van der Waals surface area contributed by atoms with Crippen molar-refractivity contribution in [3.63, 3.8) is 0 Å². The summed E-state index contributed by atoms with van der Waals surface area (Å²) in [6.45, 7) is 5.71. The maximum Gasteiger partial charge on any atom is 0.326 e.